The van der Waals surface area contributed by atoms with Crippen molar-refractivity contribution in [2.45, 2.75) is 31.7 Å². The second kappa shape index (κ2) is 4.24. The van der Waals surface area contributed by atoms with Gasteiger partial charge >= 0.3 is 11.9 Å². The Morgan fingerprint density at radius 3 is 2.53 bits per heavy atom. The third-order valence-corrected chi connectivity index (χ3v) is 4.46. The van der Waals surface area contributed by atoms with E-state index in [0.29, 0.717) is 0 Å². The fraction of sp³-hybridized carbons (Fsp3) is 0.545. The predicted octanol–water partition coefficient (Wildman–Crippen LogP) is 0.105. The van der Waals surface area contributed by atoms with Crippen LogP contribution in [0.25, 0.3) is 0 Å². The smallest absolute Gasteiger partial charge is 0.357 e. The van der Waals surface area contributed by atoms with E-state index in [1.807, 2.05) is 0 Å². The molecule has 1 fully saturated rings. The van der Waals surface area contributed by atoms with Gasteiger partial charge in [0.1, 0.15) is 4.87 Å². The topological polar surface area (TPSA) is 104 Å². The van der Waals surface area contributed by atoms with E-state index in [1.165, 1.54) is 6.92 Å². The summed E-state index contributed by atoms with van der Waals surface area (Å²) >= 11 is 0.969. The summed E-state index contributed by atoms with van der Waals surface area (Å²) in [5, 5.41) is 18.7. The molecule has 7 nitrogen and oxygen atoms in total. The summed E-state index contributed by atoms with van der Waals surface area (Å²) in [6.45, 7) is 4.25. The van der Waals surface area contributed by atoms with Crippen LogP contribution in [-0.4, -0.2) is 43.9 Å². The van der Waals surface area contributed by atoms with Crippen LogP contribution in [0.1, 0.15) is 20.8 Å². The molecule has 104 valence electrons. The number of carboxylic acids is 1. The Bertz CT molecular complexity index is 513. The number of rotatable bonds is 3. The molecular weight excluding hydrogens is 274 g/mol. The van der Waals surface area contributed by atoms with E-state index in [9.17, 15) is 19.5 Å². The van der Waals surface area contributed by atoms with Crippen LogP contribution in [-0.2, 0) is 19.1 Å². The molecule has 0 aliphatic carbocycles. The molecule has 0 spiro atoms. The number of thioether (sulfide) groups is 1. The molecule has 2 aliphatic heterocycles. The van der Waals surface area contributed by atoms with Gasteiger partial charge in [-0.25, -0.2) is 4.79 Å². The first kappa shape index (κ1) is 13.9. The Labute approximate surface area is 113 Å². The highest BCUT2D eigenvalue weighted by Gasteiger charge is 2.66. The SMILES string of the molecule is CC(=O)OC1=C(C(=O)O)N2C(=O)[C@H]([C@@H](C)O)[C@@]2(C)S1. The van der Waals surface area contributed by atoms with Crippen molar-refractivity contribution < 1.29 is 29.3 Å². The quantitative estimate of drug-likeness (QED) is 0.560. The Morgan fingerprint density at radius 2 is 2.11 bits per heavy atom. The fourth-order valence-electron chi connectivity index (χ4n) is 2.47. The Balaban J connectivity index is 2.40. The highest BCUT2D eigenvalue weighted by atomic mass is 32.2. The molecule has 3 atom stereocenters. The fourth-order valence-corrected chi connectivity index (χ4v) is 3.97. The minimum Gasteiger partial charge on any atom is -0.476 e. The van der Waals surface area contributed by atoms with Crippen molar-refractivity contribution in [3.63, 3.8) is 0 Å². The van der Waals surface area contributed by atoms with Gasteiger partial charge in [0.15, 0.2) is 10.8 Å². The summed E-state index contributed by atoms with van der Waals surface area (Å²) in [6.07, 6.45) is -0.909. The number of carbonyl (C=O) groups excluding carboxylic acids is 2. The Hall–Kier alpha value is -1.54. The van der Waals surface area contributed by atoms with Crippen molar-refractivity contribution in [2.75, 3.05) is 0 Å². The van der Waals surface area contributed by atoms with Gasteiger partial charge in [-0.2, -0.15) is 0 Å². The highest BCUT2D eigenvalue weighted by Crippen LogP contribution is 2.58. The number of ether oxygens (including phenoxy) is 1. The van der Waals surface area contributed by atoms with E-state index in [1.54, 1.807) is 6.92 Å². The van der Waals surface area contributed by atoms with Gasteiger partial charge in [-0.1, -0.05) is 11.8 Å². The summed E-state index contributed by atoms with van der Waals surface area (Å²) in [4.78, 5) is 34.3. The number of hydrogen-bond donors (Lipinski definition) is 2. The maximum Gasteiger partial charge on any atom is 0.357 e. The number of amides is 1. The minimum atomic E-state index is -1.34. The zero-order chi connectivity index (χ0) is 14.5. The number of β-lactam (4-membered cyclic amide) rings is 1. The van der Waals surface area contributed by atoms with Crippen LogP contribution >= 0.6 is 11.8 Å². The van der Waals surface area contributed by atoms with Crippen molar-refractivity contribution >= 4 is 29.6 Å². The van der Waals surface area contributed by atoms with E-state index < -0.39 is 34.7 Å². The van der Waals surface area contributed by atoms with Gasteiger partial charge in [0.2, 0.25) is 5.91 Å². The van der Waals surface area contributed by atoms with Gasteiger partial charge < -0.3 is 14.9 Å². The summed E-state index contributed by atoms with van der Waals surface area (Å²) in [5.41, 5.74) is -0.343. The standard InChI is InChI=1S/C11H13NO6S/c1-4(13)6-8(15)12-7(9(16)17)10(18-5(2)14)19-11(6,12)3/h4,6,13H,1-3H3,(H,16,17)/t4-,6+,11-/m1/s1. The van der Waals surface area contributed by atoms with Gasteiger partial charge in [0.05, 0.1) is 12.0 Å². The molecule has 19 heavy (non-hydrogen) atoms. The number of carbonyl (C=O) groups is 3. The number of esters is 1. The summed E-state index contributed by atoms with van der Waals surface area (Å²) in [5.74, 6) is -3.21. The first-order valence-corrected chi connectivity index (χ1v) is 6.39. The highest BCUT2D eigenvalue weighted by molar-refractivity contribution is 8.04. The normalized spacial score (nSPS) is 30.8. The summed E-state index contributed by atoms with van der Waals surface area (Å²) in [6, 6.07) is 0. The van der Waals surface area contributed by atoms with Crippen LogP contribution in [0.2, 0.25) is 0 Å². The van der Waals surface area contributed by atoms with Crippen LogP contribution in [0.4, 0.5) is 0 Å². The lowest BCUT2D eigenvalue weighted by atomic mass is 9.83. The molecule has 0 radical (unpaired) electrons. The molecule has 0 saturated carbocycles. The van der Waals surface area contributed by atoms with Crippen LogP contribution in [0.15, 0.2) is 10.8 Å². The lowest BCUT2D eigenvalue weighted by Crippen LogP contribution is -2.68. The van der Waals surface area contributed by atoms with E-state index in [2.05, 4.69) is 0 Å². The van der Waals surface area contributed by atoms with Gasteiger partial charge in [0, 0.05) is 6.92 Å². The van der Waals surface area contributed by atoms with Gasteiger partial charge in [0.25, 0.3) is 0 Å². The van der Waals surface area contributed by atoms with Gasteiger partial charge in [-0.15, -0.1) is 0 Å². The van der Waals surface area contributed by atoms with Crippen molar-refractivity contribution in [1.82, 2.24) is 4.90 Å². The zero-order valence-corrected chi connectivity index (χ0v) is 11.4. The number of aliphatic hydroxyl groups excluding tert-OH is 1. The molecule has 0 aromatic rings. The van der Waals surface area contributed by atoms with Crippen LogP contribution in [0, 0.1) is 5.92 Å². The maximum absolute atomic E-state index is 12.0. The minimum absolute atomic E-state index is 0.112. The number of aliphatic carboxylic acids is 1. The van der Waals surface area contributed by atoms with Crippen molar-refractivity contribution in [3.8, 4) is 0 Å². The molecule has 1 amide bonds. The first-order valence-electron chi connectivity index (χ1n) is 5.57. The molecule has 2 aliphatic rings. The average Bonchev–Trinajstić information content (AvgIpc) is 2.45. The Morgan fingerprint density at radius 1 is 1.53 bits per heavy atom. The number of aliphatic hydroxyl groups is 1. The monoisotopic (exact) mass is 287 g/mol. The zero-order valence-electron chi connectivity index (χ0n) is 10.5. The third-order valence-electron chi connectivity index (χ3n) is 3.15. The molecule has 2 N–H and O–H groups in total. The van der Waals surface area contributed by atoms with Gasteiger partial charge in [-0.05, 0) is 13.8 Å². The van der Waals surface area contributed by atoms with Crippen molar-refractivity contribution in [2.24, 2.45) is 5.92 Å². The van der Waals surface area contributed by atoms with E-state index in [4.69, 9.17) is 9.84 Å². The Kier molecular flexibility index (Phi) is 3.10. The summed E-state index contributed by atoms with van der Waals surface area (Å²) in [7, 11) is 0. The number of hydrogen-bond acceptors (Lipinski definition) is 6. The number of fused-ring (bicyclic) bond motifs is 1. The molecule has 0 unspecified atom stereocenters. The molecule has 2 rings (SSSR count). The van der Waals surface area contributed by atoms with Crippen LogP contribution < -0.4 is 0 Å². The largest absolute Gasteiger partial charge is 0.476 e. The maximum atomic E-state index is 12.0. The summed E-state index contributed by atoms with van der Waals surface area (Å²) < 4.78 is 4.85. The van der Waals surface area contributed by atoms with Crippen molar-refractivity contribution in [1.29, 1.82) is 0 Å². The molecule has 0 aromatic heterocycles. The van der Waals surface area contributed by atoms with Crippen LogP contribution in [0.5, 0.6) is 0 Å². The van der Waals surface area contributed by atoms with E-state index in [0.717, 1.165) is 23.6 Å². The van der Waals surface area contributed by atoms with Gasteiger partial charge in [-0.3, -0.25) is 14.5 Å². The van der Waals surface area contributed by atoms with Crippen LogP contribution in [0.3, 0.4) is 0 Å². The van der Waals surface area contributed by atoms with E-state index in [-0.39, 0.29) is 10.8 Å². The molecule has 1 saturated heterocycles. The predicted molar refractivity (Wildman–Crippen MR) is 64.4 cm³/mol. The number of carboxylic acid groups (broad SMARTS) is 1. The average molecular weight is 287 g/mol. The second-order valence-electron chi connectivity index (χ2n) is 4.58. The molecular formula is C11H13NO6S. The molecule has 0 aromatic carbocycles. The second-order valence-corrected chi connectivity index (χ2v) is 5.98. The lowest BCUT2D eigenvalue weighted by molar-refractivity contribution is -0.165. The third kappa shape index (κ3) is 1.82. The molecule has 0 bridgehead atoms. The van der Waals surface area contributed by atoms with E-state index >= 15 is 0 Å². The molecule has 8 heteroatoms. The van der Waals surface area contributed by atoms with Crippen molar-refractivity contribution in [3.05, 3.63) is 10.8 Å². The lowest BCUT2D eigenvalue weighted by Gasteiger charge is -2.51. The molecule has 2 heterocycles. The number of nitrogens with zero attached hydrogens (tertiary/aromatic N) is 1. The first-order chi connectivity index (χ1) is 8.70.